The summed E-state index contributed by atoms with van der Waals surface area (Å²) in [5.41, 5.74) is 7.83. The highest BCUT2D eigenvalue weighted by atomic mass is 28.3. The van der Waals surface area contributed by atoms with Gasteiger partial charge in [-0.1, -0.05) is 141 Å². The second-order valence-corrected chi connectivity index (χ2v) is 13.6. The summed E-state index contributed by atoms with van der Waals surface area (Å²) in [6.45, 7) is 9.83. The molecular weight excluding hydrogens is 400 g/mol. The van der Waals surface area contributed by atoms with Crippen LogP contribution in [-0.4, -0.2) is 8.07 Å². The van der Waals surface area contributed by atoms with E-state index in [-0.39, 0.29) is 5.04 Å². The van der Waals surface area contributed by atoms with Crippen LogP contribution in [0.25, 0.3) is 16.3 Å². The predicted molar refractivity (Wildman–Crippen MR) is 141 cm³/mol. The van der Waals surface area contributed by atoms with E-state index in [0.717, 1.165) is 0 Å². The highest BCUT2D eigenvalue weighted by Gasteiger charge is 2.63. The molecule has 0 radical (unpaired) electrons. The van der Waals surface area contributed by atoms with Gasteiger partial charge in [-0.05, 0) is 38.6 Å². The van der Waals surface area contributed by atoms with E-state index in [9.17, 15) is 0 Å². The first-order chi connectivity index (χ1) is 15.6. The second-order valence-electron chi connectivity index (χ2n) is 9.07. The molecule has 1 unspecified atom stereocenters. The molecule has 32 heavy (non-hydrogen) atoms. The fraction of sp³-hybridized carbons (Fsp3) is 0.0968. The molecule has 1 heterocycles. The summed E-state index contributed by atoms with van der Waals surface area (Å²) in [5.74, 6) is 0. The molecule has 156 valence electrons. The van der Waals surface area contributed by atoms with Crippen LogP contribution in [0.4, 0.5) is 0 Å². The van der Waals surface area contributed by atoms with Crippen LogP contribution in [-0.2, 0) is 5.04 Å². The molecule has 0 nitrogen and oxygen atoms in total. The van der Waals surface area contributed by atoms with E-state index in [1.807, 2.05) is 0 Å². The van der Waals surface area contributed by atoms with Crippen LogP contribution >= 0.6 is 0 Å². The maximum Gasteiger partial charge on any atom is 0.103 e. The average Bonchev–Trinajstić information content (AvgIpc) is 2.85. The largest absolute Gasteiger partial charge is 0.103 e. The monoisotopic (exact) mass is 428 g/mol. The molecule has 0 amide bonds. The molecule has 4 aromatic rings. The molecule has 0 saturated heterocycles. The van der Waals surface area contributed by atoms with Crippen molar-refractivity contribution in [1.29, 1.82) is 0 Å². The van der Waals surface area contributed by atoms with Gasteiger partial charge in [-0.15, -0.1) is 0 Å². The molecule has 0 fully saturated rings. The predicted octanol–water partition coefficient (Wildman–Crippen LogP) is 8.05. The van der Waals surface area contributed by atoms with Gasteiger partial charge < -0.3 is 0 Å². The third-order valence-corrected chi connectivity index (χ3v) is 11.6. The smallest absolute Gasteiger partial charge is 0.0943 e. The van der Waals surface area contributed by atoms with Crippen molar-refractivity contribution in [2.24, 2.45) is 0 Å². The van der Waals surface area contributed by atoms with Crippen LogP contribution in [0.1, 0.15) is 22.3 Å². The Morgan fingerprint density at radius 2 is 1.03 bits per heavy atom. The maximum atomic E-state index is 4.80. The topological polar surface area (TPSA) is 0 Å². The minimum atomic E-state index is -2.05. The van der Waals surface area contributed by atoms with Crippen LogP contribution in [0.15, 0.2) is 128 Å². The van der Waals surface area contributed by atoms with Crippen molar-refractivity contribution in [1.82, 2.24) is 0 Å². The van der Waals surface area contributed by atoms with Gasteiger partial charge in [0.2, 0.25) is 0 Å². The second kappa shape index (κ2) is 7.92. The fourth-order valence-corrected chi connectivity index (χ4v) is 10.5. The normalized spacial score (nSPS) is 19.3. The molecule has 5 rings (SSSR count). The molecule has 1 heteroatoms. The Kier molecular flexibility index (Phi) is 5.07. The van der Waals surface area contributed by atoms with Crippen LogP contribution in [0.5, 0.6) is 0 Å². The zero-order valence-corrected chi connectivity index (χ0v) is 19.8. The highest BCUT2D eigenvalue weighted by molar-refractivity contribution is 7.06. The Balaban J connectivity index is 1.89. The Morgan fingerprint density at radius 3 is 1.56 bits per heavy atom. The van der Waals surface area contributed by atoms with Crippen molar-refractivity contribution in [2.45, 2.75) is 18.1 Å². The van der Waals surface area contributed by atoms with E-state index < -0.39 is 8.07 Å². The van der Waals surface area contributed by atoms with E-state index in [0.29, 0.717) is 0 Å². The molecule has 0 spiro atoms. The standard InChI is InChI=1S/C31H28Si/c1-24(25-16-8-4-9-17-25)31(28-22-14-7-15-23-28)29(26-18-10-5-11-19-26)30(32(31,2)3)27-20-12-6-13-21-27/h4-23H,1H2,2-3H3. The van der Waals surface area contributed by atoms with E-state index >= 15 is 0 Å². The summed E-state index contributed by atoms with van der Waals surface area (Å²) in [5, 5.41) is 1.33. The lowest BCUT2D eigenvalue weighted by molar-refractivity contribution is 0.942. The van der Waals surface area contributed by atoms with Gasteiger partial charge in [-0.3, -0.25) is 0 Å². The van der Waals surface area contributed by atoms with Gasteiger partial charge in [-0.25, -0.2) is 0 Å². The number of allylic oxidation sites excluding steroid dienone is 2. The Bertz CT molecular complexity index is 1270. The quantitative estimate of drug-likeness (QED) is 0.282. The zero-order chi connectivity index (χ0) is 22.2. The van der Waals surface area contributed by atoms with Gasteiger partial charge in [0.1, 0.15) is 8.07 Å². The Hall–Kier alpha value is -3.42. The molecular formula is C31H28Si. The lowest BCUT2D eigenvalue weighted by atomic mass is 9.76. The number of hydrogen-bond donors (Lipinski definition) is 0. The minimum Gasteiger partial charge on any atom is -0.0943 e. The fourth-order valence-electron chi connectivity index (χ4n) is 5.76. The van der Waals surface area contributed by atoms with Gasteiger partial charge >= 0.3 is 0 Å². The molecule has 1 atom stereocenters. The maximum absolute atomic E-state index is 4.80. The molecule has 0 aromatic heterocycles. The first-order valence-corrected chi connectivity index (χ1v) is 14.2. The lowest BCUT2D eigenvalue weighted by Crippen LogP contribution is -2.62. The SMILES string of the molecule is C=C(c1ccccc1)C1(c2ccccc2)C(c2ccccc2)=C(c2ccccc2)[Si]1(C)C. The van der Waals surface area contributed by atoms with Gasteiger partial charge in [0.25, 0.3) is 0 Å². The Morgan fingerprint density at radius 1 is 0.594 bits per heavy atom. The molecule has 1 aliphatic heterocycles. The zero-order valence-electron chi connectivity index (χ0n) is 18.8. The molecule has 0 N–H and O–H groups in total. The van der Waals surface area contributed by atoms with Crippen LogP contribution in [0.2, 0.25) is 13.1 Å². The van der Waals surface area contributed by atoms with Crippen molar-refractivity contribution in [3.63, 3.8) is 0 Å². The van der Waals surface area contributed by atoms with Crippen LogP contribution < -0.4 is 0 Å². The molecule has 4 aromatic carbocycles. The van der Waals surface area contributed by atoms with Crippen molar-refractivity contribution in [3.05, 3.63) is 150 Å². The Labute approximate surface area is 192 Å². The van der Waals surface area contributed by atoms with E-state index in [4.69, 9.17) is 6.58 Å². The average molecular weight is 429 g/mol. The summed E-state index contributed by atoms with van der Waals surface area (Å²) in [6.07, 6.45) is 0. The summed E-state index contributed by atoms with van der Waals surface area (Å²) in [7, 11) is -2.05. The summed E-state index contributed by atoms with van der Waals surface area (Å²) >= 11 is 0. The van der Waals surface area contributed by atoms with Crippen molar-refractivity contribution < 1.29 is 0 Å². The van der Waals surface area contributed by atoms with Crippen LogP contribution in [0.3, 0.4) is 0 Å². The first-order valence-electron chi connectivity index (χ1n) is 11.2. The minimum absolute atomic E-state index is 0.206. The molecule has 0 aliphatic carbocycles. The molecule has 0 saturated carbocycles. The summed E-state index contributed by atoms with van der Waals surface area (Å²) in [4.78, 5) is 0. The number of hydrogen-bond acceptors (Lipinski definition) is 0. The summed E-state index contributed by atoms with van der Waals surface area (Å²) in [6, 6.07) is 43.7. The third kappa shape index (κ3) is 2.89. The van der Waals surface area contributed by atoms with Gasteiger partial charge in [-0.2, -0.15) is 0 Å². The molecule has 0 bridgehead atoms. The van der Waals surface area contributed by atoms with Crippen LogP contribution in [0, 0.1) is 0 Å². The lowest BCUT2D eigenvalue weighted by Gasteiger charge is -2.60. The van der Waals surface area contributed by atoms with Crippen molar-refractivity contribution >= 4 is 24.4 Å². The highest BCUT2D eigenvalue weighted by Crippen LogP contribution is 2.66. The van der Waals surface area contributed by atoms with Gasteiger partial charge in [0.15, 0.2) is 0 Å². The van der Waals surface area contributed by atoms with Gasteiger partial charge in [0, 0.05) is 5.04 Å². The van der Waals surface area contributed by atoms with E-state index in [2.05, 4.69) is 134 Å². The van der Waals surface area contributed by atoms with Crippen molar-refractivity contribution in [3.8, 4) is 0 Å². The summed E-state index contributed by atoms with van der Waals surface area (Å²) < 4.78 is 0. The van der Waals surface area contributed by atoms with Gasteiger partial charge in [0.05, 0.1) is 0 Å². The molecule has 1 aliphatic rings. The van der Waals surface area contributed by atoms with E-state index in [1.54, 1.807) is 0 Å². The van der Waals surface area contributed by atoms with E-state index in [1.165, 1.54) is 38.6 Å². The van der Waals surface area contributed by atoms with Crippen molar-refractivity contribution in [2.75, 3.05) is 0 Å². The third-order valence-electron chi connectivity index (χ3n) is 7.09. The first kappa shape index (κ1) is 20.5. The number of benzene rings is 4. The number of rotatable bonds is 5.